The Morgan fingerprint density at radius 1 is 1.43 bits per heavy atom. The minimum Gasteiger partial charge on any atom is -0.383 e. The van der Waals surface area contributed by atoms with Gasteiger partial charge in [0.15, 0.2) is 5.96 Å². The van der Waals surface area contributed by atoms with Crippen LogP contribution >= 0.6 is 35.3 Å². The third kappa shape index (κ3) is 7.51. The molecule has 2 unspecified atom stereocenters. The SMILES string of the molecule is CCNC(=NCC(C)(O)c1cnn(C)c1)NCC1CCCN(Cc2cccs2)C1.I. The molecule has 2 aromatic rings. The summed E-state index contributed by atoms with van der Waals surface area (Å²) < 4.78 is 1.70. The van der Waals surface area contributed by atoms with Gasteiger partial charge in [-0.2, -0.15) is 5.10 Å². The highest BCUT2D eigenvalue weighted by Crippen LogP contribution is 2.21. The predicted octanol–water partition coefficient (Wildman–Crippen LogP) is 2.77. The van der Waals surface area contributed by atoms with Crippen molar-refractivity contribution < 1.29 is 5.11 Å². The molecule has 9 heteroatoms. The number of thiophene rings is 1. The van der Waals surface area contributed by atoms with Gasteiger partial charge < -0.3 is 15.7 Å². The minimum absolute atomic E-state index is 0. The van der Waals surface area contributed by atoms with Crippen molar-refractivity contribution >= 4 is 41.3 Å². The molecule has 3 heterocycles. The van der Waals surface area contributed by atoms with Crippen LogP contribution in [0, 0.1) is 5.92 Å². The molecule has 168 valence electrons. The fourth-order valence-electron chi connectivity index (χ4n) is 3.69. The molecule has 3 rings (SSSR count). The minimum atomic E-state index is -1.04. The summed E-state index contributed by atoms with van der Waals surface area (Å²) in [5.74, 6) is 1.36. The summed E-state index contributed by atoms with van der Waals surface area (Å²) in [6, 6.07) is 4.35. The molecule has 2 aromatic heterocycles. The van der Waals surface area contributed by atoms with E-state index in [0.717, 1.165) is 37.7 Å². The Balaban J connectivity index is 0.00000320. The van der Waals surface area contributed by atoms with Crippen LogP contribution in [0.2, 0.25) is 0 Å². The maximum Gasteiger partial charge on any atom is 0.191 e. The average molecular weight is 547 g/mol. The van der Waals surface area contributed by atoms with Crippen molar-refractivity contribution in [2.45, 2.75) is 38.8 Å². The number of likely N-dealkylation sites (tertiary alicyclic amines) is 1. The van der Waals surface area contributed by atoms with Crippen LogP contribution < -0.4 is 10.6 Å². The lowest BCUT2D eigenvalue weighted by molar-refractivity contribution is 0.0671. The second-order valence-corrected chi connectivity index (χ2v) is 9.11. The van der Waals surface area contributed by atoms with E-state index >= 15 is 0 Å². The molecule has 30 heavy (non-hydrogen) atoms. The lowest BCUT2D eigenvalue weighted by atomic mass is 9.98. The van der Waals surface area contributed by atoms with Crippen molar-refractivity contribution in [1.82, 2.24) is 25.3 Å². The van der Waals surface area contributed by atoms with Gasteiger partial charge in [-0.15, -0.1) is 35.3 Å². The molecule has 1 aliphatic rings. The number of aromatic nitrogens is 2. The van der Waals surface area contributed by atoms with Gasteiger partial charge in [0, 0.05) is 49.9 Å². The zero-order valence-corrected chi connectivity index (χ0v) is 21.3. The Morgan fingerprint density at radius 3 is 2.93 bits per heavy atom. The number of guanidine groups is 1. The Labute approximate surface area is 201 Å². The van der Waals surface area contributed by atoms with Crippen LogP contribution in [0.25, 0.3) is 0 Å². The molecule has 7 nitrogen and oxygen atoms in total. The van der Waals surface area contributed by atoms with Gasteiger partial charge in [0.1, 0.15) is 5.60 Å². The van der Waals surface area contributed by atoms with Gasteiger partial charge in [-0.3, -0.25) is 9.58 Å². The van der Waals surface area contributed by atoms with E-state index in [0.29, 0.717) is 5.92 Å². The molecular formula is C21H35IN6OS. The fraction of sp³-hybridized carbons (Fsp3) is 0.619. The maximum atomic E-state index is 10.8. The number of aryl methyl sites for hydroxylation is 1. The molecule has 2 atom stereocenters. The summed E-state index contributed by atoms with van der Waals surface area (Å²) in [7, 11) is 1.85. The second-order valence-electron chi connectivity index (χ2n) is 8.08. The van der Waals surface area contributed by atoms with Gasteiger partial charge in [-0.05, 0) is 50.6 Å². The lowest BCUT2D eigenvalue weighted by Gasteiger charge is -2.32. The number of aliphatic imine (C=N–C) groups is 1. The standard InChI is InChI=1S/C21H34N6OS.HI/c1-4-22-20(24-16-21(2,28)18-12-25-26(3)14-18)23-11-17-7-5-9-27(13-17)15-19-8-6-10-29-19;/h6,8,10,12,14,17,28H,4-5,7,9,11,13,15-16H2,1-3H3,(H2,22,23,24);1H. The first kappa shape index (κ1) is 25.1. The summed E-state index contributed by atoms with van der Waals surface area (Å²) in [6.45, 7) is 9.13. The fourth-order valence-corrected chi connectivity index (χ4v) is 4.44. The number of halogens is 1. The molecule has 0 spiro atoms. The molecule has 0 bridgehead atoms. The highest BCUT2D eigenvalue weighted by atomic mass is 127. The van der Waals surface area contributed by atoms with Gasteiger partial charge in [0.2, 0.25) is 0 Å². The van der Waals surface area contributed by atoms with Crippen LogP contribution in [0.5, 0.6) is 0 Å². The number of hydrogen-bond donors (Lipinski definition) is 3. The van der Waals surface area contributed by atoms with E-state index in [2.05, 4.69) is 50.1 Å². The summed E-state index contributed by atoms with van der Waals surface area (Å²) in [6.07, 6.45) is 6.00. The summed E-state index contributed by atoms with van der Waals surface area (Å²) >= 11 is 1.84. The molecule has 0 aromatic carbocycles. The van der Waals surface area contributed by atoms with Crippen LogP contribution in [0.3, 0.4) is 0 Å². The molecule has 0 aliphatic carbocycles. The van der Waals surface area contributed by atoms with Crippen LogP contribution in [-0.4, -0.2) is 58.5 Å². The molecule has 3 N–H and O–H groups in total. The average Bonchev–Trinajstić information content (AvgIpc) is 3.36. The number of nitrogens with one attached hydrogen (secondary N) is 2. The Kier molecular flexibility index (Phi) is 10.1. The van der Waals surface area contributed by atoms with Crippen molar-refractivity contribution in [1.29, 1.82) is 0 Å². The summed E-state index contributed by atoms with van der Waals surface area (Å²) in [4.78, 5) is 8.62. The van der Waals surface area contributed by atoms with Gasteiger partial charge in [0.25, 0.3) is 0 Å². The number of aliphatic hydroxyl groups is 1. The molecule has 1 fully saturated rings. The quantitative estimate of drug-likeness (QED) is 0.270. The number of hydrogen-bond acceptors (Lipinski definition) is 5. The van der Waals surface area contributed by atoms with Gasteiger partial charge in [-0.1, -0.05) is 6.07 Å². The number of rotatable bonds is 8. The van der Waals surface area contributed by atoms with E-state index < -0.39 is 5.60 Å². The van der Waals surface area contributed by atoms with Crippen molar-refractivity contribution in [3.63, 3.8) is 0 Å². The van der Waals surface area contributed by atoms with Crippen LogP contribution in [0.15, 0.2) is 34.9 Å². The van der Waals surface area contributed by atoms with Gasteiger partial charge >= 0.3 is 0 Å². The van der Waals surface area contributed by atoms with Crippen molar-refractivity contribution in [2.75, 3.05) is 32.7 Å². The van der Waals surface area contributed by atoms with Crippen molar-refractivity contribution in [3.05, 3.63) is 40.3 Å². The highest BCUT2D eigenvalue weighted by Gasteiger charge is 2.25. The normalized spacial score (nSPS) is 19.7. The van der Waals surface area contributed by atoms with Crippen LogP contribution in [-0.2, 0) is 19.2 Å². The van der Waals surface area contributed by atoms with E-state index in [9.17, 15) is 5.11 Å². The van der Waals surface area contributed by atoms with E-state index in [4.69, 9.17) is 0 Å². The van der Waals surface area contributed by atoms with E-state index in [1.165, 1.54) is 24.3 Å². The maximum absolute atomic E-state index is 10.8. The largest absolute Gasteiger partial charge is 0.383 e. The first-order chi connectivity index (χ1) is 14.0. The second kappa shape index (κ2) is 12.0. The van der Waals surface area contributed by atoms with E-state index in [-0.39, 0.29) is 30.5 Å². The Morgan fingerprint density at radius 2 is 2.27 bits per heavy atom. The Hall–Kier alpha value is -1.17. The molecule has 0 saturated carbocycles. The zero-order chi connectivity index (χ0) is 20.7. The van der Waals surface area contributed by atoms with Crippen molar-refractivity contribution in [2.24, 2.45) is 18.0 Å². The molecule has 1 saturated heterocycles. The topological polar surface area (TPSA) is 77.7 Å². The first-order valence-electron chi connectivity index (χ1n) is 10.4. The monoisotopic (exact) mass is 546 g/mol. The smallest absolute Gasteiger partial charge is 0.191 e. The predicted molar refractivity (Wildman–Crippen MR) is 134 cm³/mol. The Bertz CT molecular complexity index is 776. The van der Waals surface area contributed by atoms with Crippen LogP contribution in [0.1, 0.15) is 37.1 Å². The third-order valence-corrected chi connectivity index (χ3v) is 6.20. The molecular weight excluding hydrogens is 511 g/mol. The molecule has 1 aliphatic heterocycles. The lowest BCUT2D eigenvalue weighted by Crippen LogP contribution is -2.44. The molecule has 0 radical (unpaired) electrons. The van der Waals surface area contributed by atoms with Crippen molar-refractivity contribution in [3.8, 4) is 0 Å². The van der Waals surface area contributed by atoms with E-state index in [1.54, 1.807) is 17.8 Å². The third-order valence-electron chi connectivity index (χ3n) is 5.34. The van der Waals surface area contributed by atoms with Crippen LogP contribution in [0.4, 0.5) is 0 Å². The highest BCUT2D eigenvalue weighted by molar-refractivity contribution is 14.0. The van der Waals surface area contributed by atoms with E-state index in [1.807, 2.05) is 24.6 Å². The molecule has 0 amide bonds. The number of nitrogens with zero attached hydrogens (tertiary/aromatic N) is 4. The first-order valence-corrected chi connectivity index (χ1v) is 11.3. The van der Waals surface area contributed by atoms with Gasteiger partial charge in [0.05, 0.1) is 12.7 Å². The summed E-state index contributed by atoms with van der Waals surface area (Å²) in [5.41, 5.74) is -0.269. The zero-order valence-electron chi connectivity index (χ0n) is 18.2. The summed E-state index contributed by atoms with van der Waals surface area (Å²) in [5, 5.41) is 23.8. The number of piperidine rings is 1. The van der Waals surface area contributed by atoms with Gasteiger partial charge in [-0.25, -0.2) is 4.99 Å².